The van der Waals surface area contributed by atoms with Crippen LogP contribution in [-0.4, -0.2) is 56.7 Å². The van der Waals surface area contributed by atoms with E-state index in [4.69, 9.17) is 23.8 Å². The topological polar surface area (TPSA) is 41.6 Å². The highest BCUT2D eigenvalue weighted by Gasteiger charge is 2.39. The molecule has 0 N–H and O–H groups in total. The summed E-state index contributed by atoms with van der Waals surface area (Å²) in [7, 11) is 0. The Balaban J connectivity index is 1.44. The molecule has 3 aromatic rings. The molecule has 0 amide bonds. The maximum absolute atomic E-state index is 13.6. The maximum Gasteiger partial charge on any atom is 0.453 e. The average Bonchev–Trinajstić information content (AvgIpc) is 3.12. The van der Waals surface area contributed by atoms with Crippen molar-refractivity contribution in [2.75, 3.05) is 26.2 Å². The highest BCUT2D eigenvalue weighted by Crippen LogP contribution is 2.28. The van der Waals surface area contributed by atoms with Crippen LogP contribution in [0.25, 0.3) is 0 Å². The SMILES string of the molecule is Cc1ccc(CN2CCN(Cn3nc(C(F)(F)F)n(/N=C/c4ccccc4)c3=S)CC2)c(Cl)c1. The minimum atomic E-state index is -4.68. The third-order valence-electron chi connectivity index (χ3n) is 5.59. The van der Waals surface area contributed by atoms with E-state index in [1.165, 1.54) is 10.9 Å². The van der Waals surface area contributed by atoms with Crippen molar-refractivity contribution in [2.45, 2.75) is 26.3 Å². The lowest BCUT2D eigenvalue weighted by Gasteiger charge is -2.34. The van der Waals surface area contributed by atoms with Gasteiger partial charge >= 0.3 is 6.18 Å². The maximum atomic E-state index is 13.6. The Kier molecular flexibility index (Phi) is 7.51. The first-order valence-corrected chi connectivity index (χ1v) is 11.6. The molecule has 2 aromatic carbocycles. The molecule has 2 heterocycles. The Morgan fingerprint density at radius 1 is 1.06 bits per heavy atom. The van der Waals surface area contributed by atoms with Crippen molar-refractivity contribution in [3.63, 3.8) is 0 Å². The number of rotatable bonds is 6. The molecule has 0 bridgehead atoms. The van der Waals surface area contributed by atoms with Crippen molar-refractivity contribution in [2.24, 2.45) is 5.10 Å². The summed E-state index contributed by atoms with van der Waals surface area (Å²) in [5.74, 6) is -1.14. The Labute approximate surface area is 205 Å². The first kappa shape index (κ1) is 24.6. The van der Waals surface area contributed by atoms with Gasteiger partial charge in [-0.2, -0.15) is 22.9 Å². The van der Waals surface area contributed by atoms with Gasteiger partial charge in [0.2, 0.25) is 4.77 Å². The van der Waals surface area contributed by atoms with E-state index in [0.717, 1.165) is 35.8 Å². The molecule has 180 valence electrons. The number of hydrogen-bond acceptors (Lipinski definition) is 5. The van der Waals surface area contributed by atoms with Gasteiger partial charge in [-0.1, -0.05) is 54.1 Å². The van der Waals surface area contributed by atoms with Gasteiger partial charge in [-0.3, -0.25) is 9.80 Å². The molecule has 0 atom stereocenters. The van der Waals surface area contributed by atoms with Gasteiger partial charge < -0.3 is 0 Å². The van der Waals surface area contributed by atoms with Crippen LogP contribution < -0.4 is 0 Å². The number of halogens is 4. The molecule has 11 heteroatoms. The highest BCUT2D eigenvalue weighted by molar-refractivity contribution is 7.71. The number of aryl methyl sites for hydroxylation is 1. The number of alkyl halides is 3. The van der Waals surface area contributed by atoms with Gasteiger partial charge in [0.25, 0.3) is 5.82 Å². The Morgan fingerprint density at radius 3 is 2.38 bits per heavy atom. The highest BCUT2D eigenvalue weighted by atomic mass is 35.5. The second-order valence-electron chi connectivity index (χ2n) is 8.20. The standard InChI is InChI=1S/C23H24ClF3N6S/c1-17-7-8-19(20(24)13-17)15-30-9-11-31(12-10-30)16-32-22(34)33(21(29-32)23(25,26)27)28-14-18-5-3-2-4-6-18/h2-8,13-14H,9-12,15-16H2,1H3/b28-14+. The molecule has 1 aliphatic rings. The van der Waals surface area contributed by atoms with Crippen molar-refractivity contribution in [1.29, 1.82) is 0 Å². The molecule has 0 aliphatic carbocycles. The van der Waals surface area contributed by atoms with Gasteiger partial charge in [-0.05, 0) is 41.9 Å². The van der Waals surface area contributed by atoms with Gasteiger partial charge in [0, 0.05) is 37.7 Å². The van der Waals surface area contributed by atoms with Gasteiger partial charge in [-0.25, -0.2) is 4.68 Å². The minimum Gasteiger partial charge on any atom is -0.296 e. The van der Waals surface area contributed by atoms with Crippen LogP contribution in [0.1, 0.15) is 22.5 Å². The molecule has 6 nitrogen and oxygen atoms in total. The van der Waals surface area contributed by atoms with Crippen LogP contribution in [0.3, 0.4) is 0 Å². The summed E-state index contributed by atoms with van der Waals surface area (Å²) in [5, 5.41) is 8.48. The third kappa shape index (κ3) is 5.93. The molecule has 1 aromatic heterocycles. The fourth-order valence-electron chi connectivity index (χ4n) is 3.74. The Morgan fingerprint density at radius 2 is 1.74 bits per heavy atom. The molecule has 0 saturated carbocycles. The van der Waals surface area contributed by atoms with Gasteiger partial charge in [0.1, 0.15) is 0 Å². The zero-order valence-corrected chi connectivity index (χ0v) is 20.1. The average molecular weight is 509 g/mol. The van der Waals surface area contributed by atoms with Gasteiger partial charge in [0.05, 0.1) is 12.9 Å². The molecular formula is C23H24ClF3N6S. The predicted molar refractivity (Wildman–Crippen MR) is 129 cm³/mol. The normalized spacial score (nSPS) is 15.9. The summed E-state index contributed by atoms with van der Waals surface area (Å²) in [6, 6.07) is 14.9. The predicted octanol–water partition coefficient (Wildman–Crippen LogP) is 5.05. The first-order chi connectivity index (χ1) is 16.2. The number of piperazine rings is 1. The second kappa shape index (κ2) is 10.4. The monoisotopic (exact) mass is 508 g/mol. The molecule has 4 rings (SSSR count). The Hall–Kier alpha value is -2.53. The van der Waals surface area contributed by atoms with E-state index in [-0.39, 0.29) is 11.4 Å². The smallest absolute Gasteiger partial charge is 0.296 e. The molecule has 1 saturated heterocycles. The van der Waals surface area contributed by atoms with E-state index in [0.29, 0.717) is 23.3 Å². The summed E-state index contributed by atoms with van der Waals surface area (Å²) in [5.41, 5.74) is 2.84. The van der Waals surface area contributed by atoms with E-state index in [9.17, 15) is 13.2 Å². The van der Waals surface area contributed by atoms with Crippen LogP contribution in [0.5, 0.6) is 0 Å². The van der Waals surface area contributed by atoms with Crippen LogP contribution in [-0.2, 0) is 19.4 Å². The van der Waals surface area contributed by atoms with Crippen molar-refractivity contribution < 1.29 is 13.2 Å². The van der Waals surface area contributed by atoms with Gasteiger partial charge in [0.15, 0.2) is 0 Å². The Bertz CT molecular complexity index is 1210. The molecule has 1 fully saturated rings. The fraction of sp³-hybridized carbons (Fsp3) is 0.348. The molecule has 0 unspecified atom stereocenters. The van der Waals surface area contributed by atoms with E-state index in [1.54, 1.807) is 24.3 Å². The number of nitrogens with zero attached hydrogens (tertiary/aromatic N) is 6. The second-order valence-corrected chi connectivity index (χ2v) is 8.97. The van der Waals surface area contributed by atoms with Crippen molar-refractivity contribution >= 4 is 30.0 Å². The summed E-state index contributed by atoms with van der Waals surface area (Å²) in [4.78, 5) is 4.30. The van der Waals surface area contributed by atoms with Crippen LogP contribution in [0.2, 0.25) is 5.02 Å². The van der Waals surface area contributed by atoms with Crippen molar-refractivity contribution in [3.8, 4) is 0 Å². The first-order valence-electron chi connectivity index (χ1n) is 10.8. The summed E-state index contributed by atoms with van der Waals surface area (Å²) in [6.07, 6.45) is -3.34. The largest absolute Gasteiger partial charge is 0.453 e. The fourth-order valence-corrected chi connectivity index (χ4v) is 4.26. The van der Waals surface area contributed by atoms with Crippen LogP contribution in [0.15, 0.2) is 53.6 Å². The minimum absolute atomic E-state index is 0.103. The van der Waals surface area contributed by atoms with Crippen molar-refractivity contribution in [3.05, 3.63) is 80.8 Å². The summed E-state index contributed by atoms with van der Waals surface area (Å²) < 4.78 is 42.6. The number of benzene rings is 2. The van der Waals surface area contributed by atoms with Gasteiger partial charge in [-0.15, -0.1) is 5.10 Å². The summed E-state index contributed by atoms with van der Waals surface area (Å²) in [6.45, 7) is 5.76. The van der Waals surface area contributed by atoms with Crippen LogP contribution in [0, 0.1) is 11.7 Å². The van der Waals surface area contributed by atoms with Crippen LogP contribution in [0.4, 0.5) is 13.2 Å². The molecule has 34 heavy (non-hydrogen) atoms. The van der Waals surface area contributed by atoms with Crippen LogP contribution >= 0.6 is 23.8 Å². The van der Waals surface area contributed by atoms with E-state index < -0.39 is 12.0 Å². The van der Waals surface area contributed by atoms with E-state index >= 15 is 0 Å². The number of aromatic nitrogens is 3. The zero-order valence-electron chi connectivity index (χ0n) is 18.5. The van der Waals surface area contributed by atoms with Crippen molar-refractivity contribution in [1.82, 2.24) is 24.3 Å². The molecule has 0 spiro atoms. The lowest BCUT2D eigenvalue weighted by molar-refractivity contribution is -0.147. The number of hydrogen-bond donors (Lipinski definition) is 0. The molecule has 0 radical (unpaired) electrons. The lowest BCUT2D eigenvalue weighted by atomic mass is 10.1. The molecule has 1 aliphatic heterocycles. The third-order valence-corrected chi connectivity index (χ3v) is 6.33. The lowest BCUT2D eigenvalue weighted by Crippen LogP contribution is -2.46. The van der Waals surface area contributed by atoms with E-state index in [2.05, 4.69) is 15.1 Å². The summed E-state index contributed by atoms with van der Waals surface area (Å²) >= 11 is 11.7. The zero-order chi connectivity index (χ0) is 24.3. The quantitative estimate of drug-likeness (QED) is 0.345. The molecular weight excluding hydrogens is 485 g/mol. The van der Waals surface area contributed by atoms with E-state index in [1.807, 2.05) is 36.1 Å².